The van der Waals surface area contributed by atoms with Crippen molar-refractivity contribution >= 4 is 40.6 Å². The molecular formula is C20H16ClNO6S. The van der Waals surface area contributed by atoms with Crippen LogP contribution in [0.3, 0.4) is 0 Å². The number of imide groups is 1. The van der Waals surface area contributed by atoms with Gasteiger partial charge in [0.15, 0.2) is 11.5 Å². The third-order valence-electron chi connectivity index (χ3n) is 4.47. The zero-order valence-electron chi connectivity index (χ0n) is 15.6. The lowest BCUT2D eigenvalue weighted by molar-refractivity contribution is -0.123. The Kier molecular flexibility index (Phi) is 5.29. The number of hydrogen-bond donors (Lipinski definition) is 0. The van der Waals surface area contributed by atoms with Crippen molar-refractivity contribution in [2.45, 2.75) is 6.54 Å². The first-order valence-corrected chi connectivity index (χ1v) is 9.75. The second-order valence-electron chi connectivity index (χ2n) is 6.17. The molecule has 0 unspecified atom stereocenters. The van der Waals surface area contributed by atoms with Gasteiger partial charge in [0.25, 0.3) is 11.1 Å². The molecule has 4 rings (SSSR count). The maximum atomic E-state index is 12.8. The Morgan fingerprint density at radius 1 is 1.14 bits per heavy atom. The molecule has 1 saturated heterocycles. The van der Waals surface area contributed by atoms with Gasteiger partial charge in [-0.25, -0.2) is 0 Å². The molecule has 2 aromatic carbocycles. The summed E-state index contributed by atoms with van der Waals surface area (Å²) in [4.78, 5) is 26.8. The second-order valence-corrected chi connectivity index (χ2v) is 7.57. The number of fused-ring (bicyclic) bond motifs is 1. The lowest BCUT2D eigenvalue weighted by atomic mass is 10.1. The molecule has 2 amide bonds. The molecule has 9 heteroatoms. The van der Waals surface area contributed by atoms with Crippen molar-refractivity contribution in [2.75, 3.05) is 21.0 Å². The fraction of sp³-hybridized carbons (Fsp3) is 0.200. The summed E-state index contributed by atoms with van der Waals surface area (Å²) in [5, 5.41) is 0.0246. The minimum atomic E-state index is -0.397. The van der Waals surface area contributed by atoms with Crippen molar-refractivity contribution in [2.24, 2.45) is 0 Å². The van der Waals surface area contributed by atoms with E-state index in [4.69, 9.17) is 30.5 Å². The van der Waals surface area contributed by atoms with E-state index in [2.05, 4.69) is 0 Å². The summed E-state index contributed by atoms with van der Waals surface area (Å²) in [5.41, 5.74) is 1.27. The summed E-state index contributed by atoms with van der Waals surface area (Å²) < 4.78 is 21.2. The molecule has 0 aliphatic carbocycles. The van der Waals surface area contributed by atoms with Gasteiger partial charge in [-0.3, -0.25) is 14.5 Å². The molecule has 0 N–H and O–H groups in total. The number of carbonyl (C=O) groups excluding carboxylic acids is 2. The molecule has 7 nitrogen and oxygen atoms in total. The van der Waals surface area contributed by atoms with Crippen molar-refractivity contribution in [3.05, 3.63) is 51.4 Å². The SMILES string of the molecule is COc1ccc(/C=C2\SC(=O)N(Cc3cc4c(cc3Cl)OCO4)C2=O)c(OC)c1. The highest BCUT2D eigenvalue weighted by Crippen LogP contribution is 2.40. The number of rotatable bonds is 5. The normalized spacial score (nSPS) is 16.7. The van der Waals surface area contributed by atoms with Crippen molar-refractivity contribution in [1.82, 2.24) is 4.90 Å². The van der Waals surface area contributed by atoms with Gasteiger partial charge >= 0.3 is 0 Å². The van der Waals surface area contributed by atoms with Gasteiger partial charge in [0.1, 0.15) is 11.5 Å². The summed E-state index contributed by atoms with van der Waals surface area (Å²) in [7, 11) is 3.08. The molecule has 0 atom stereocenters. The number of thioether (sulfide) groups is 1. The van der Waals surface area contributed by atoms with Crippen molar-refractivity contribution < 1.29 is 28.5 Å². The van der Waals surface area contributed by atoms with Crippen LogP contribution in [-0.2, 0) is 11.3 Å². The first-order valence-electron chi connectivity index (χ1n) is 8.55. The summed E-state index contributed by atoms with van der Waals surface area (Å²) in [6, 6.07) is 8.54. The Bertz CT molecular complexity index is 1040. The van der Waals surface area contributed by atoms with Crippen LogP contribution in [0.25, 0.3) is 6.08 Å². The molecule has 0 saturated carbocycles. The number of ether oxygens (including phenoxy) is 4. The van der Waals surface area contributed by atoms with E-state index in [0.717, 1.165) is 16.7 Å². The molecule has 0 spiro atoms. The molecule has 0 bridgehead atoms. The van der Waals surface area contributed by atoms with E-state index in [0.29, 0.717) is 44.1 Å². The zero-order chi connectivity index (χ0) is 20.5. The van der Waals surface area contributed by atoms with E-state index >= 15 is 0 Å². The highest BCUT2D eigenvalue weighted by Gasteiger charge is 2.36. The Labute approximate surface area is 176 Å². The van der Waals surface area contributed by atoms with Crippen LogP contribution in [-0.4, -0.2) is 37.1 Å². The largest absolute Gasteiger partial charge is 0.497 e. The summed E-state index contributed by atoms with van der Waals surface area (Å²) in [6.45, 7) is 0.153. The molecule has 1 fully saturated rings. The zero-order valence-corrected chi connectivity index (χ0v) is 17.1. The molecule has 0 radical (unpaired) electrons. The van der Waals surface area contributed by atoms with E-state index in [1.807, 2.05) is 0 Å². The Hall–Kier alpha value is -2.84. The highest BCUT2D eigenvalue weighted by atomic mass is 35.5. The van der Waals surface area contributed by atoms with Gasteiger partial charge in [0.2, 0.25) is 6.79 Å². The predicted octanol–water partition coefficient (Wildman–Crippen LogP) is 4.32. The third-order valence-corrected chi connectivity index (χ3v) is 5.73. The fourth-order valence-electron chi connectivity index (χ4n) is 2.97. The van der Waals surface area contributed by atoms with E-state index in [1.54, 1.807) is 43.5 Å². The van der Waals surface area contributed by atoms with Gasteiger partial charge < -0.3 is 18.9 Å². The van der Waals surface area contributed by atoms with Crippen LogP contribution >= 0.6 is 23.4 Å². The molecule has 150 valence electrons. The average Bonchev–Trinajstić information content (AvgIpc) is 3.27. The number of amides is 2. The molecule has 0 aromatic heterocycles. The highest BCUT2D eigenvalue weighted by molar-refractivity contribution is 8.18. The lowest BCUT2D eigenvalue weighted by Gasteiger charge is -2.14. The fourth-order valence-corrected chi connectivity index (χ4v) is 4.01. The van der Waals surface area contributed by atoms with Gasteiger partial charge in [-0.15, -0.1) is 0 Å². The molecule has 29 heavy (non-hydrogen) atoms. The summed E-state index contributed by atoms with van der Waals surface area (Å²) in [5.74, 6) is 1.85. The number of carbonyl (C=O) groups is 2. The van der Waals surface area contributed by atoms with Crippen molar-refractivity contribution in [3.8, 4) is 23.0 Å². The second kappa shape index (κ2) is 7.88. The number of hydrogen-bond acceptors (Lipinski definition) is 7. The molecule has 2 heterocycles. The number of benzene rings is 2. The number of halogens is 1. The topological polar surface area (TPSA) is 74.3 Å². The van der Waals surface area contributed by atoms with Gasteiger partial charge in [-0.2, -0.15) is 0 Å². The monoisotopic (exact) mass is 433 g/mol. The molecule has 2 aromatic rings. The van der Waals surface area contributed by atoms with E-state index in [9.17, 15) is 9.59 Å². The summed E-state index contributed by atoms with van der Waals surface area (Å²) >= 11 is 7.15. The van der Waals surface area contributed by atoms with E-state index in [1.165, 1.54) is 7.11 Å². The average molecular weight is 434 g/mol. The predicted molar refractivity (Wildman–Crippen MR) is 109 cm³/mol. The van der Waals surface area contributed by atoms with E-state index in [-0.39, 0.29) is 18.6 Å². The van der Waals surface area contributed by atoms with Crippen LogP contribution in [0.4, 0.5) is 4.79 Å². The van der Waals surface area contributed by atoms with Crippen LogP contribution in [0.15, 0.2) is 35.2 Å². The van der Waals surface area contributed by atoms with Gasteiger partial charge in [0.05, 0.1) is 25.7 Å². The van der Waals surface area contributed by atoms with Crippen LogP contribution in [0.2, 0.25) is 5.02 Å². The van der Waals surface area contributed by atoms with Crippen LogP contribution in [0.1, 0.15) is 11.1 Å². The van der Waals surface area contributed by atoms with Crippen molar-refractivity contribution in [1.29, 1.82) is 0 Å². The lowest BCUT2D eigenvalue weighted by Crippen LogP contribution is -2.27. The van der Waals surface area contributed by atoms with Gasteiger partial charge in [-0.05, 0) is 41.6 Å². The molecule has 2 aliphatic heterocycles. The van der Waals surface area contributed by atoms with Crippen molar-refractivity contribution in [3.63, 3.8) is 0 Å². The van der Waals surface area contributed by atoms with Crippen LogP contribution in [0.5, 0.6) is 23.0 Å². The van der Waals surface area contributed by atoms with Crippen LogP contribution < -0.4 is 18.9 Å². The van der Waals surface area contributed by atoms with Crippen LogP contribution in [0, 0.1) is 0 Å². The van der Waals surface area contributed by atoms with E-state index < -0.39 is 5.91 Å². The summed E-state index contributed by atoms with van der Waals surface area (Å²) in [6.07, 6.45) is 1.63. The Morgan fingerprint density at radius 2 is 1.90 bits per heavy atom. The standard InChI is InChI=1S/C20H16ClNO6S/c1-25-13-4-3-11(15(7-13)26-2)6-18-19(23)22(20(24)29-18)9-12-5-16-17(8-14(12)21)28-10-27-16/h3-8H,9-10H2,1-2H3/b18-6-. The number of nitrogens with zero attached hydrogens (tertiary/aromatic N) is 1. The first-order chi connectivity index (χ1) is 14.0. The minimum Gasteiger partial charge on any atom is -0.497 e. The first kappa shape index (κ1) is 19.5. The molecule has 2 aliphatic rings. The number of methoxy groups -OCH3 is 2. The molecular weight excluding hydrogens is 418 g/mol. The third kappa shape index (κ3) is 3.73. The minimum absolute atomic E-state index is 0.0389. The Morgan fingerprint density at radius 3 is 2.62 bits per heavy atom. The quantitative estimate of drug-likeness (QED) is 0.650. The maximum Gasteiger partial charge on any atom is 0.293 e. The maximum absolute atomic E-state index is 12.8. The Balaban J connectivity index is 1.59. The van der Waals surface area contributed by atoms with Gasteiger partial charge in [0, 0.05) is 22.7 Å². The smallest absolute Gasteiger partial charge is 0.293 e. The van der Waals surface area contributed by atoms with Gasteiger partial charge in [-0.1, -0.05) is 11.6 Å².